The molecule has 1 N–H and O–H groups in total. The number of aromatic amines is 1. The van der Waals surface area contributed by atoms with Crippen molar-refractivity contribution in [1.29, 1.82) is 0 Å². The standard InChI is InChI=1S/C23H17N3O3S2/c27-21(13-29-22(28)14-30-23-24-15-7-1-2-8-16(15)25-23)26-17-9-3-5-11-19(17)31-20-12-6-4-10-18(20)26/h1-12H,13-14H2,(H,24,25). The van der Waals surface area contributed by atoms with Crippen molar-refractivity contribution < 1.29 is 14.3 Å². The van der Waals surface area contributed by atoms with E-state index in [0.29, 0.717) is 5.16 Å². The van der Waals surface area contributed by atoms with Gasteiger partial charge in [0.2, 0.25) is 0 Å². The van der Waals surface area contributed by atoms with Crippen LogP contribution in [-0.4, -0.2) is 34.2 Å². The molecule has 0 unspecified atom stereocenters. The van der Waals surface area contributed by atoms with Crippen LogP contribution in [0.3, 0.4) is 0 Å². The highest BCUT2D eigenvalue weighted by Crippen LogP contribution is 2.47. The maximum absolute atomic E-state index is 13.0. The number of esters is 1. The van der Waals surface area contributed by atoms with Crippen LogP contribution in [0.2, 0.25) is 0 Å². The number of para-hydroxylation sites is 4. The van der Waals surface area contributed by atoms with E-state index >= 15 is 0 Å². The van der Waals surface area contributed by atoms with Gasteiger partial charge in [0.25, 0.3) is 5.91 Å². The summed E-state index contributed by atoms with van der Waals surface area (Å²) in [5.74, 6) is -0.690. The largest absolute Gasteiger partial charge is 0.455 e. The Labute approximate surface area is 187 Å². The van der Waals surface area contributed by atoms with Gasteiger partial charge in [0.05, 0.1) is 28.2 Å². The Morgan fingerprint density at radius 1 is 0.935 bits per heavy atom. The topological polar surface area (TPSA) is 75.3 Å². The van der Waals surface area contributed by atoms with Crippen molar-refractivity contribution >= 4 is 57.8 Å². The SMILES string of the molecule is O=C(CSc1nc2ccccc2[nH]1)OCC(=O)N1c2ccccc2Sc2ccccc21. The molecule has 0 atom stereocenters. The van der Waals surface area contributed by atoms with Gasteiger partial charge in [-0.05, 0) is 36.4 Å². The lowest BCUT2D eigenvalue weighted by atomic mass is 10.2. The third-order valence-corrected chi connectivity index (χ3v) is 6.71. The van der Waals surface area contributed by atoms with Crippen LogP contribution in [0.1, 0.15) is 0 Å². The number of H-pyrrole nitrogens is 1. The molecule has 0 spiro atoms. The minimum atomic E-state index is -0.466. The van der Waals surface area contributed by atoms with Gasteiger partial charge in [-0.15, -0.1) is 0 Å². The van der Waals surface area contributed by atoms with Crippen molar-refractivity contribution in [1.82, 2.24) is 9.97 Å². The van der Waals surface area contributed by atoms with E-state index in [9.17, 15) is 9.59 Å². The summed E-state index contributed by atoms with van der Waals surface area (Å²) < 4.78 is 5.28. The normalized spacial score (nSPS) is 12.3. The number of thioether (sulfide) groups is 1. The first-order chi connectivity index (χ1) is 15.2. The van der Waals surface area contributed by atoms with Crippen molar-refractivity contribution in [3.63, 3.8) is 0 Å². The van der Waals surface area contributed by atoms with Gasteiger partial charge in [-0.1, -0.05) is 59.9 Å². The van der Waals surface area contributed by atoms with E-state index in [1.807, 2.05) is 72.8 Å². The van der Waals surface area contributed by atoms with Crippen LogP contribution < -0.4 is 4.90 Å². The van der Waals surface area contributed by atoms with Gasteiger partial charge >= 0.3 is 5.97 Å². The molecule has 8 heteroatoms. The van der Waals surface area contributed by atoms with Gasteiger partial charge in [-0.25, -0.2) is 4.98 Å². The van der Waals surface area contributed by atoms with Crippen LogP contribution in [0.15, 0.2) is 87.7 Å². The van der Waals surface area contributed by atoms with E-state index in [1.165, 1.54) is 11.8 Å². The fraction of sp³-hybridized carbons (Fsp3) is 0.0870. The van der Waals surface area contributed by atoms with Crippen molar-refractivity contribution in [2.24, 2.45) is 0 Å². The number of carbonyl (C=O) groups is 2. The summed E-state index contributed by atoms with van der Waals surface area (Å²) in [5.41, 5.74) is 3.34. The molecule has 154 valence electrons. The Hall–Kier alpha value is -3.23. The minimum Gasteiger partial charge on any atom is -0.455 e. The number of anilines is 2. The van der Waals surface area contributed by atoms with E-state index in [0.717, 1.165) is 32.2 Å². The fourth-order valence-corrected chi connectivity index (χ4v) is 5.09. The summed E-state index contributed by atoms with van der Waals surface area (Å²) in [6.07, 6.45) is 0. The van der Waals surface area contributed by atoms with Crippen LogP contribution in [0.5, 0.6) is 0 Å². The van der Waals surface area contributed by atoms with Gasteiger partial charge < -0.3 is 9.72 Å². The quantitative estimate of drug-likeness (QED) is 0.342. The Balaban J connectivity index is 1.25. The van der Waals surface area contributed by atoms with Gasteiger partial charge in [-0.3, -0.25) is 14.5 Å². The Morgan fingerprint density at radius 2 is 1.58 bits per heavy atom. The third kappa shape index (κ3) is 4.04. The van der Waals surface area contributed by atoms with E-state index in [-0.39, 0.29) is 18.3 Å². The van der Waals surface area contributed by atoms with Crippen molar-refractivity contribution in [3.05, 3.63) is 72.8 Å². The molecule has 1 amide bonds. The molecule has 6 nitrogen and oxygen atoms in total. The highest BCUT2D eigenvalue weighted by Gasteiger charge is 2.28. The molecule has 1 aromatic heterocycles. The maximum atomic E-state index is 13.0. The van der Waals surface area contributed by atoms with E-state index < -0.39 is 5.97 Å². The van der Waals surface area contributed by atoms with Crippen molar-refractivity contribution in [3.8, 4) is 0 Å². The second-order valence-corrected chi connectivity index (χ2v) is 8.82. The number of amides is 1. The van der Waals surface area contributed by atoms with E-state index in [2.05, 4.69) is 9.97 Å². The minimum absolute atomic E-state index is 0.0656. The number of hydrogen-bond donors (Lipinski definition) is 1. The van der Waals surface area contributed by atoms with Crippen LogP contribution in [0.25, 0.3) is 11.0 Å². The zero-order valence-corrected chi connectivity index (χ0v) is 17.9. The Kier molecular flexibility index (Phi) is 5.40. The molecule has 4 aromatic rings. The molecule has 31 heavy (non-hydrogen) atoms. The predicted octanol–water partition coefficient (Wildman–Crippen LogP) is 5.03. The lowest BCUT2D eigenvalue weighted by Crippen LogP contribution is -2.32. The number of benzene rings is 3. The number of nitrogens with one attached hydrogen (secondary N) is 1. The van der Waals surface area contributed by atoms with Gasteiger partial charge in [0.15, 0.2) is 11.8 Å². The number of imidazole rings is 1. The lowest BCUT2D eigenvalue weighted by molar-refractivity contribution is -0.144. The third-order valence-electron chi connectivity index (χ3n) is 4.73. The van der Waals surface area contributed by atoms with Crippen LogP contribution in [-0.2, 0) is 14.3 Å². The van der Waals surface area contributed by atoms with E-state index in [4.69, 9.17) is 4.74 Å². The molecule has 0 aliphatic carbocycles. The smallest absolute Gasteiger partial charge is 0.316 e. The Bertz CT molecular complexity index is 1210. The summed E-state index contributed by atoms with van der Waals surface area (Å²) in [7, 11) is 0. The average molecular weight is 448 g/mol. The lowest BCUT2D eigenvalue weighted by Gasteiger charge is -2.30. The summed E-state index contributed by atoms with van der Waals surface area (Å²) >= 11 is 2.87. The first kappa shape index (κ1) is 19.7. The van der Waals surface area contributed by atoms with Gasteiger partial charge in [0, 0.05) is 9.79 Å². The van der Waals surface area contributed by atoms with Crippen LogP contribution >= 0.6 is 23.5 Å². The molecular formula is C23H17N3O3S2. The number of aromatic nitrogens is 2. The molecule has 1 aliphatic rings. The molecule has 5 rings (SSSR count). The molecule has 0 saturated heterocycles. The number of carbonyl (C=O) groups excluding carboxylic acids is 2. The average Bonchev–Trinajstić information content (AvgIpc) is 3.22. The molecule has 1 aliphatic heterocycles. The molecule has 2 heterocycles. The van der Waals surface area contributed by atoms with Gasteiger partial charge in [-0.2, -0.15) is 0 Å². The number of fused-ring (bicyclic) bond motifs is 3. The Morgan fingerprint density at radius 3 is 2.29 bits per heavy atom. The van der Waals surface area contributed by atoms with Crippen molar-refractivity contribution in [2.75, 3.05) is 17.3 Å². The molecule has 0 radical (unpaired) electrons. The molecule has 0 fully saturated rings. The number of ether oxygens (including phenoxy) is 1. The monoisotopic (exact) mass is 447 g/mol. The second-order valence-electron chi connectivity index (χ2n) is 6.78. The highest BCUT2D eigenvalue weighted by atomic mass is 32.2. The van der Waals surface area contributed by atoms with Crippen LogP contribution in [0, 0.1) is 0 Å². The fourth-order valence-electron chi connectivity index (χ4n) is 3.35. The summed E-state index contributed by atoms with van der Waals surface area (Å²) in [4.78, 5) is 36.5. The first-order valence-corrected chi connectivity index (χ1v) is 11.4. The van der Waals surface area contributed by atoms with E-state index in [1.54, 1.807) is 16.7 Å². The molecule has 0 saturated carbocycles. The summed E-state index contributed by atoms with van der Waals surface area (Å²) in [6.45, 7) is -0.327. The summed E-state index contributed by atoms with van der Waals surface area (Å²) in [6, 6.07) is 23.1. The second kappa shape index (κ2) is 8.49. The predicted molar refractivity (Wildman–Crippen MR) is 122 cm³/mol. The first-order valence-electron chi connectivity index (χ1n) is 9.61. The number of nitrogens with zero attached hydrogens (tertiary/aromatic N) is 2. The highest BCUT2D eigenvalue weighted by molar-refractivity contribution is 8.00. The molecule has 0 bridgehead atoms. The van der Waals surface area contributed by atoms with Crippen LogP contribution in [0.4, 0.5) is 11.4 Å². The maximum Gasteiger partial charge on any atom is 0.316 e. The molecular weight excluding hydrogens is 430 g/mol. The van der Waals surface area contributed by atoms with Gasteiger partial charge in [0.1, 0.15) is 0 Å². The van der Waals surface area contributed by atoms with Crippen molar-refractivity contribution in [2.45, 2.75) is 14.9 Å². The zero-order chi connectivity index (χ0) is 21.2. The molecule has 3 aromatic carbocycles. The number of hydrogen-bond acceptors (Lipinski definition) is 6. The zero-order valence-electron chi connectivity index (χ0n) is 16.3. The number of rotatable bonds is 5. The summed E-state index contributed by atoms with van der Waals surface area (Å²) in [5, 5.41) is 0.639.